The fourth-order valence-electron chi connectivity index (χ4n) is 2.63. The third kappa shape index (κ3) is 4.63. The van der Waals surface area contributed by atoms with Crippen molar-refractivity contribution in [2.45, 2.75) is 31.8 Å². The Morgan fingerprint density at radius 3 is 2.59 bits per heavy atom. The molecule has 27 heavy (non-hydrogen) atoms. The van der Waals surface area contributed by atoms with E-state index in [0.717, 1.165) is 18.4 Å². The van der Waals surface area contributed by atoms with Crippen molar-refractivity contribution in [3.05, 3.63) is 65.8 Å². The number of hydrogen-bond acceptors (Lipinski definition) is 6. The van der Waals surface area contributed by atoms with E-state index >= 15 is 0 Å². The number of anilines is 2. The minimum Gasteiger partial charge on any atom is -0.485 e. The van der Waals surface area contributed by atoms with Crippen LogP contribution in [-0.2, 0) is 17.8 Å². The predicted octanol–water partition coefficient (Wildman–Crippen LogP) is 3.29. The van der Waals surface area contributed by atoms with E-state index in [9.17, 15) is 4.79 Å². The molecule has 4 rings (SSSR count). The van der Waals surface area contributed by atoms with Crippen LogP contribution in [0.15, 0.2) is 53.1 Å². The molecular formula is C20H20N4O3. The van der Waals surface area contributed by atoms with Crippen LogP contribution in [-0.4, -0.2) is 16.0 Å². The minimum absolute atomic E-state index is 0.0900. The number of rotatable bonds is 7. The molecule has 2 aromatic carbocycles. The molecule has 1 saturated carbocycles. The van der Waals surface area contributed by atoms with E-state index < -0.39 is 0 Å². The van der Waals surface area contributed by atoms with Crippen molar-refractivity contribution in [2.24, 2.45) is 0 Å². The fourth-order valence-corrected chi connectivity index (χ4v) is 2.63. The third-order valence-corrected chi connectivity index (χ3v) is 4.26. The maximum Gasteiger partial charge on any atom is 0.229 e. The van der Waals surface area contributed by atoms with Crippen LogP contribution in [0.25, 0.3) is 0 Å². The molecule has 3 aromatic rings. The number of hydrogen-bond donors (Lipinski definition) is 2. The first kappa shape index (κ1) is 17.1. The van der Waals surface area contributed by atoms with Crippen molar-refractivity contribution >= 4 is 17.3 Å². The molecule has 1 heterocycles. The summed E-state index contributed by atoms with van der Waals surface area (Å²) < 4.78 is 10.9. The molecule has 1 aromatic heterocycles. The van der Waals surface area contributed by atoms with E-state index in [4.69, 9.17) is 15.0 Å². The van der Waals surface area contributed by atoms with Crippen molar-refractivity contribution in [1.29, 1.82) is 0 Å². The zero-order valence-electron chi connectivity index (χ0n) is 14.7. The van der Waals surface area contributed by atoms with Gasteiger partial charge in [0.15, 0.2) is 6.61 Å². The van der Waals surface area contributed by atoms with Gasteiger partial charge in [0.25, 0.3) is 0 Å². The van der Waals surface area contributed by atoms with Crippen molar-refractivity contribution in [3.8, 4) is 5.75 Å². The highest BCUT2D eigenvalue weighted by Crippen LogP contribution is 2.38. The number of carbonyl (C=O) groups is 1. The fraction of sp³-hybridized carbons (Fsp3) is 0.250. The number of amides is 1. The standard InChI is InChI=1S/C20H20N4O3/c21-15-5-1-13(2-6-15)11-19(25)22-16-7-9-17(10-8-16)26-12-18-23-20(27-24-18)14-3-4-14/h1-2,5-10,14H,3-4,11-12,21H2,(H,22,25). The van der Waals surface area contributed by atoms with Crippen LogP contribution >= 0.6 is 0 Å². The summed E-state index contributed by atoms with van der Waals surface area (Å²) in [5, 5.41) is 6.78. The van der Waals surface area contributed by atoms with Crippen molar-refractivity contribution < 1.29 is 14.1 Å². The average molecular weight is 364 g/mol. The van der Waals surface area contributed by atoms with E-state index in [1.807, 2.05) is 12.1 Å². The molecule has 1 fully saturated rings. The molecule has 0 radical (unpaired) electrons. The molecule has 1 amide bonds. The number of nitrogen functional groups attached to an aromatic ring is 1. The molecule has 0 aliphatic heterocycles. The lowest BCUT2D eigenvalue weighted by molar-refractivity contribution is -0.115. The summed E-state index contributed by atoms with van der Waals surface area (Å²) in [6.07, 6.45) is 2.53. The summed E-state index contributed by atoms with van der Waals surface area (Å²) >= 11 is 0. The Labute approximate surface area is 156 Å². The Morgan fingerprint density at radius 1 is 1.15 bits per heavy atom. The largest absolute Gasteiger partial charge is 0.485 e. The molecule has 0 bridgehead atoms. The van der Waals surface area contributed by atoms with Crippen LogP contribution in [0.4, 0.5) is 11.4 Å². The normalized spacial score (nSPS) is 13.3. The van der Waals surface area contributed by atoms with Gasteiger partial charge in [0.05, 0.1) is 6.42 Å². The van der Waals surface area contributed by atoms with Crippen molar-refractivity contribution in [1.82, 2.24) is 10.1 Å². The average Bonchev–Trinajstić information content (AvgIpc) is 3.41. The van der Waals surface area contributed by atoms with Crippen LogP contribution in [0.3, 0.4) is 0 Å². The molecule has 0 spiro atoms. The molecule has 7 nitrogen and oxygen atoms in total. The van der Waals surface area contributed by atoms with Gasteiger partial charge in [-0.3, -0.25) is 4.79 Å². The van der Waals surface area contributed by atoms with E-state index in [-0.39, 0.29) is 12.5 Å². The van der Waals surface area contributed by atoms with Gasteiger partial charge < -0.3 is 20.3 Å². The first-order valence-corrected chi connectivity index (χ1v) is 8.85. The first-order valence-electron chi connectivity index (χ1n) is 8.85. The number of carbonyl (C=O) groups excluding carboxylic acids is 1. The molecule has 0 atom stereocenters. The Kier molecular flexibility index (Phi) is 4.74. The van der Waals surface area contributed by atoms with E-state index in [2.05, 4.69) is 15.5 Å². The maximum atomic E-state index is 12.1. The zero-order valence-corrected chi connectivity index (χ0v) is 14.7. The molecule has 1 aliphatic rings. The highest BCUT2D eigenvalue weighted by Gasteiger charge is 2.29. The van der Waals surface area contributed by atoms with Crippen LogP contribution < -0.4 is 15.8 Å². The lowest BCUT2D eigenvalue weighted by Crippen LogP contribution is -2.14. The SMILES string of the molecule is Nc1ccc(CC(=O)Nc2ccc(OCc3noc(C4CC4)n3)cc2)cc1. The second-order valence-corrected chi connectivity index (χ2v) is 6.60. The molecule has 138 valence electrons. The molecule has 0 unspecified atom stereocenters. The van der Waals surface area contributed by atoms with Gasteiger partial charge in [-0.15, -0.1) is 0 Å². The van der Waals surface area contributed by atoms with E-state index in [1.165, 1.54) is 0 Å². The van der Waals surface area contributed by atoms with Gasteiger partial charge in [-0.05, 0) is 54.8 Å². The lowest BCUT2D eigenvalue weighted by Gasteiger charge is -2.07. The monoisotopic (exact) mass is 364 g/mol. The van der Waals surface area contributed by atoms with E-state index in [0.29, 0.717) is 41.2 Å². The molecular weight excluding hydrogens is 344 g/mol. The number of nitrogens with two attached hydrogens (primary N) is 1. The van der Waals surface area contributed by atoms with Crippen LogP contribution in [0.5, 0.6) is 5.75 Å². The summed E-state index contributed by atoms with van der Waals surface area (Å²) in [5.41, 5.74) is 7.94. The summed E-state index contributed by atoms with van der Waals surface area (Å²) in [4.78, 5) is 16.4. The summed E-state index contributed by atoms with van der Waals surface area (Å²) in [6, 6.07) is 14.4. The number of nitrogens with one attached hydrogen (secondary N) is 1. The zero-order chi connectivity index (χ0) is 18.6. The molecule has 7 heteroatoms. The Hall–Kier alpha value is -3.35. The number of nitrogens with zero attached hydrogens (tertiary/aromatic N) is 2. The Morgan fingerprint density at radius 2 is 1.89 bits per heavy atom. The topological polar surface area (TPSA) is 103 Å². The third-order valence-electron chi connectivity index (χ3n) is 4.26. The summed E-state index contributed by atoms with van der Waals surface area (Å²) in [7, 11) is 0. The van der Waals surface area contributed by atoms with Gasteiger partial charge in [0.2, 0.25) is 17.6 Å². The Balaban J connectivity index is 1.27. The second kappa shape index (κ2) is 7.49. The van der Waals surface area contributed by atoms with Crippen LogP contribution in [0.2, 0.25) is 0 Å². The highest BCUT2D eigenvalue weighted by molar-refractivity contribution is 5.92. The van der Waals surface area contributed by atoms with Gasteiger partial charge in [-0.2, -0.15) is 4.98 Å². The summed E-state index contributed by atoms with van der Waals surface area (Å²) in [6.45, 7) is 0.249. The summed E-state index contributed by atoms with van der Waals surface area (Å²) in [5.74, 6) is 2.25. The van der Waals surface area contributed by atoms with Gasteiger partial charge >= 0.3 is 0 Å². The molecule has 1 aliphatic carbocycles. The molecule has 3 N–H and O–H groups in total. The van der Waals surface area contributed by atoms with Gasteiger partial charge in [0, 0.05) is 17.3 Å². The van der Waals surface area contributed by atoms with Gasteiger partial charge in [-0.1, -0.05) is 17.3 Å². The predicted molar refractivity (Wildman–Crippen MR) is 100 cm³/mol. The van der Waals surface area contributed by atoms with Crippen LogP contribution in [0.1, 0.15) is 36.0 Å². The van der Waals surface area contributed by atoms with Gasteiger partial charge in [0.1, 0.15) is 5.75 Å². The second-order valence-electron chi connectivity index (χ2n) is 6.60. The number of ether oxygens (including phenoxy) is 1. The van der Waals surface area contributed by atoms with E-state index in [1.54, 1.807) is 36.4 Å². The van der Waals surface area contributed by atoms with Gasteiger partial charge in [-0.25, -0.2) is 0 Å². The lowest BCUT2D eigenvalue weighted by atomic mass is 10.1. The Bertz CT molecular complexity index is 915. The highest BCUT2D eigenvalue weighted by atomic mass is 16.5. The minimum atomic E-state index is -0.0900. The van der Waals surface area contributed by atoms with Crippen molar-refractivity contribution in [3.63, 3.8) is 0 Å². The molecule has 0 saturated heterocycles. The maximum absolute atomic E-state index is 12.1. The quantitative estimate of drug-likeness (QED) is 0.624. The smallest absolute Gasteiger partial charge is 0.229 e. The number of aromatic nitrogens is 2. The van der Waals surface area contributed by atoms with Crippen LogP contribution in [0, 0.1) is 0 Å². The number of benzene rings is 2. The first-order chi connectivity index (χ1) is 13.2. The van der Waals surface area contributed by atoms with Crippen molar-refractivity contribution in [2.75, 3.05) is 11.1 Å².